The first kappa shape index (κ1) is 25.1. The number of rotatable bonds is 8. The third-order valence-electron chi connectivity index (χ3n) is 5.12. The highest BCUT2D eigenvalue weighted by atomic mass is 32.2. The zero-order valence-corrected chi connectivity index (χ0v) is 22.4. The summed E-state index contributed by atoms with van der Waals surface area (Å²) in [4.78, 5) is 44.4. The van der Waals surface area contributed by atoms with Crippen LogP contribution in [0.5, 0.6) is 0 Å². The number of thioether (sulfide) groups is 2. The molecule has 186 valence electrons. The van der Waals surface area contributed by atoms with E-state index in [-0.39, 0.29) is 23.3 Å². The van der Waals surface area contributed by atoms with Crippen LogP contribution in [0.1, 0.15) is 10.4 Å². The lowest BCUT2D eigenvalue weighted by molar-refractivity contribution is -0.384. The third kappa shape index (κ3) is 5.91. The number of thiazole rings is 2. The quantitative estimate of drug-likeness (QED) is 0.123. The van der Waals surface area contributed by atoms with Gasteiger partial charge in [0, 0.05) is 29.1 Å². The molecular formula is C24H17N5O4S4. The largest absolute Gasteiger partial charge is 0.325 e. The van der Waals surface area contributed by atoms with Gasteiger partial charge in [0.05, 0.1) is 31.1 Å². The minimum atomic E-state index is -0.513. The topological polar surface area (TPSA) is 127 Å². The molecule has 3 aromatic carbocycles. The van der Waals surface area contributed by atoms with Gasteiger partial charge in [-0.05, 0) is 54.8 Å². The lowest BCUT2D eigenvalue weighted by atomic mass is 10.2. The lowest BCUT2D eigenvalue weighted by Crippen LogP contribution is -2.13. The van der Waals surface area contributed by atoms with Gasteiger partial charge >= 0.3 is 0 Å². The number of nitro groups is 1. The summed E-state index contributed by atoms with van der Waals surface area (Å²) in [5.74, 6) is -0.291. The molecule has 13 heteroatoms. The Morgan fingerprint density at radius 2 is 1.49 bits per heavy atom. The van der Waals surface area contributed by atoms with Crippen LogP contribution in [0, 0.1) is 10.1 Å². The number of nitrogens with zero attached hydrogens (tertiary/aromatic N) is 3. The number of hydrogen-bond acceptors (Lipinski definition) is 10. The summed E-state index contributed by atoms with van der Waals surface area (Å²) in [6.45, 7) is 0. The average molecular weight is 568 g/mol. The summed E-state index contributed by atoms with van der Waals surface area (Å²) in [5, 5.41) is 16.5. The number of non-ortho nitro benzene ring substituents is 1. The molecule has 5 rings (SSSR count). The van der Waals surface area contributed by atoms with E-state index in [1.165, 1.54) is 47.4 Å². The number of nitrogens with one attached hydrogen (secondary N) is 2. The second kappa shape index (κ2) is 10.8. The second-order valence-corrected chi connectivity index (χ2v) is 12.0. The molecule has 0 atom stereocenters. The Bertz CT molecular complexity index is 1650. The maximum Gasteiger partial charge on any atom is 0.269 e. The van der Waals surface area contributed by atoms with E-state index in [1.807, 2.05) is 30.5 Å². The van der Waals surface area contributed by atoms with Gasteiger partial charge in [-0.3, -0.25) is 19.7 Å². The number of aromatic nitrogens is 2. The summed E-state index contributed by atoms with van der Waals surface area (Å²) in [6.07, 6.45) is 1.98. The van der Waals surface area contributed by atoms with E-state index in [4.69, 9.17) is 0 Å². The van der Waals surface area contributed by atoms with Crippen molar-refractivity contribution < 1.29 is 14.5 Å². The normalized spacial score (nSPS) is 11.1. The van der Waals surface area contributed by atoms with Crippen molar-refractivity contribution in [2.45, 2.75) is 8.68 Å². The van der Waals surface area contributed by atoms with E-state index in [0.717, 1.165) is 34.8 Å². The molecule has 5 aromatic rings. The van der Waals surface area contributed by atoms with Gasteiger partial charge in [-0.15, -0.1) is 22.7 Å². The van der Waals surface area contributed by atoms with Crippen molar-refractivity contribution in [1.82, 2.24) is 9.97 Å². The maximum absolute atomic E-state index is 12.5. The van der Waals surface area contributed by atoms with Crippen molar-refractivity contribution in [3.05, 3.63) is 76.3 Å². The van der Waals surface area contributed by atoms with Gasteiger partial charge in [0.2, 0.25) is 5.91 Å². The predicted molar refractivity (Wildman–Crippen MR) is 151 cm³/mol. The number of amides is 2. The Hall–Kier alpha value is -3.52. The van der Waals surface area contributed by atoms with Crippen LogP contribution >= 0.6 is 46.2 Å². The Kier molecular flexibility index (Phi) is 7.37. The summed E-state index contributed by atoms with van der Waals surface area (Å²) < 4.78 is 3.62. The molecule has 2 heterocycles. The molecule has 0 saturated heterocycles. The third-order valence-corrected chi connectivity index (χ3v) is 9.29. The molecule has 37 heavy (non-hydrogen) atoms. The Balaban J connectivity index is 1.20. The molecule has 0 saturated carbocycles. The number of fused-ring (bicyclic) bond motifs is 2. The van der Waals surface area contributed by atoms with Gasteiger partial charge in [0.25, 0.3) is 11.6 Å². The van der Waals surface area contributed by atoms with Crippen LogP contribution in [0.25, 0.3) is 20.4 Å². The highest BCUT2D eigenvalue weighted by molar-refractivity contribution is 8.01. The number of anilines is 2. The molecule has 0 unspecified atom stereocenters. The molecule has 2 N–H and O–H groups in total. The fourth-order valence-corrected chi connectivity index (χ4v) is 6.81. The molecule has 2 aromatic heterocycles. The monoisotopic (exact) mass is 567 g/mol. The molecule has 0 radical (unpaired) electrons. The van der Waals surface area contributed by atoms with E-state index in [0.29, 0.717) is 11.3 Å². The molecular weight excluding hydrogens is 551 g/mol. The van der Waals surface area contributed by atoms with Crippen molar-refractivity contribution in [1.29, 1.82) is 0 Å². The number of benzene rings is 3. The predicted octanol–water partition coefficient (Wildman–Crippen LogP) is 6.52. The second-order valence-electron chi connectivity index (χ2n) is 7.62. The van der Waals surface area contributed by atoms with E-state index >= 15 is 0 Å². The summed E-state index contributed by atoms with van der Waals surface area (Å²) in [5.41, 5.74) is 3.23. The van der Waals surface area contributed by atoms with Gasteiger partial charge in [-0.25, -0.2) is 9.97 Å². The SMILES string of the molecule is CSc1nc2ccc(NC(=O)CSc3nc4ccc(NC(=O)c5ccc([N+](=O)[O-])cc5)cc4s3)cc2s1. The van der Waals surface area contributed by atoms with Crippen molar-refractivity contribution in [3.63, 3.8) is 0 Å². The van der Waals surface area contributed by atoms with Crippen LogP contribution in [0.3, 0.4) is 0 Å². The first-order valence-electron chi connectivity index (χ1n) is 10.7. The minimum absolute atomic E-state index is 0.0769. The van der Waals surface area contributed by atoms with Crippen molar-refractivity contribution in [2.24, 2.45) is 0 Å². The molecule has 0 aliphatic rings. The molecule has 9 nitrogen and oxygen atoms in total. The number of hydrogen-bond donors (Lipinski definition) is 2. The fraction of sp³-hybridized carbons (Fsp3) is 0.0833. The average Bonchev–Trinajstić information content (AvgIpc) is 3.50. The number of carbonyl (C=O) groups is 2. The van der Waals surface area contributed by atoms with Gasteiger partial charge in [-0.2, -0.15) is 0 Å². The molecule has 0 aliphatic heterocycles. The van der Waals surface area contributed by atoms with E-state index in [2.05, 4.69) is 20.6 Å². The van der Waals surface area contributed by atoms with Gasteiger partial charge in [-0.1, -0.05) is 23.5 Å². The number of nitro benzene ring substituents is 1. The van der Waals surface area contributed by atoms with Crippen LogP contribution in [-0.2, 0) is 4.79 Å². The summed E-state index contributed by atoms with van der Waals surface area (Å²) in [7, 11) is 0. The molecule has 0 fully saturated rings. The molecule has 0 spiro atoms. The summed E-state index contributed by atoms with van der Waals surface area (Å²) >= 11 is 5.96. The van der Waals surface area contributed by atoms with E-state index in [9.17, 15) is 19.7 Å². The van der Waals surface area contributed by atoms with E-state index in [1.54, 1.807) is 35.2 Å². The van der Waals surface area contributed by atoms with Crippen molar-refractivity contribution in [3.8, 4) is 0 Å². The first-order chi connectivity index (χ1) is 17.9. The zero-order chi connectivity index (χ0) is 25.9. The smallest absolute Gasteiger partial charge is 0.269 e. The lowest BCUT2D eigenvalue weighted by Gasteiger charge is -2.05. The maximum atomic E-state index is 12.5. The van der Waals surface area contributed by atoms with Crippen LogP contribution in [0.15, 0.2) is 69.3 Å². The molecule has 0 bridgehead atoms. The Morgan fingerprint density at radius 3 is 2.11 bits per heavy atom. The highest BCUT2D eigenvalue weighted by Crippen LogP contribution is 2.32. The van der Waals surface area contributed by atoms with Crippen LogP contribution in [0.4, 0.5) is 17.1 Å². The highest BCUT2D eigenvalue weighted by Gasteiger charge is 2.13. The fourth-order valence-electron chi connectivity index (χ4n) is 3.37. The van der Waals surface area contributed by atoms with Gasteiger partial charge in [0.1, 0.15) is 0 Å². The van der Waals surface area contributed by atoms with Crippen molar-refractivity contribution in [2.75, 3.05) is 22.6 Å². The summed E-state index contributed by atoms with van der Waals surface area (Å²) in [6, 6.07) is 16.4. The minimum Gasteiger partial charge on any atom is -0.325 e. The van der Waals surface area contributed by atoms with Gasteiger partial charge < -0.3 is 10.6 Å². The van der Waals surface area contributed by atoms with Crippen LogP contribution < -0.4 is 10.6 Å². The van der Waals surface area contributed by atoms with Gasteiger partial charge in [0.15, 0.2) is 8.68 Å². The zero-order valence-electron chi connectivity index (χ0n) is 19.1. The van der Waals surface area contributed by atoms with Crippen LogP contribution in [-0.4, -0.2) is 38.7 Å². The van der Waals surface area contributed by atoms with Crippen LogP contribution in [0.2, 0.25) is 0 Å². The van der Waals surface area contributed by atoms with Crippen molar-refractivity contribution >= 4 is 95.5 Å². The molecule has 0 aliphatic carbocycles. The van der Waals surface area contributed by atoms with E-state index < -0.39 is 4.92 Å². The Labute approximate surface area is 226 Å². The standard InChI is InChI=1S/C24H17N5O4S4/c1-34-23-27-17-8-4-14(10-19(17)36-23)25-21(30)12-35-24-28-18-9-5-15(11-20(18)37-24)26-22(31)13-2-6-16(7-3-13)29(32)33/h2-11H,12H2,1H3,(H,25,30)(H,26,31). The molecule has 2 amide bonds. The number of carbonyl (C=O) groups excluding carboxylic acids is 2. The first-order valence-corrected chi connectivity index (χ1v) is 14.6. The Morgan fingerprint density at radius 1 is 0.892 bits per heavy atom.